The number of esters is 1. The molecule has 0 bridgehead atoms. The number of benzene rings is 2. The molecule has 0 radical (unpaired) electrons. The molecule has 2 aliphatic heterocycles. The van der Waals surface area contributed by atoms with Crippen LogP contribution in [0.5, 0.6) is 0 Å². The van der Waals surface area contributed by atoms with Gasteiger partial charge in [0.15, 0.2) is 0 Å². The third-order valence-corrected chi connectivity index (χ3v) is 6.50. The summed E-state index contributed by atoms with van der Waals surface area (Å²) in [6.45, 7) is 12.8. The highest BCUT2D eigenvalue weighted by Crippen LogP contribution is 2.33. The summed E-state index contributed by atoms with van der Waals surface area (Å²) in [6, 6.07) is 12.3. The maximum atomic E-state index is 13.3. The number of amides is 2. The molecule has 2 amide bonds. The van der Waals surface area contributed by atoms with E-state index in [4.69, 9.17) is 9.47 Å². The fraction of sp³-hybridized carbons (Fsp3) is 0.452. The zero-order valence-corrected chi connectivity index (χ0v) is 23.7. The van der Waals surface area contributed by atoms with Crippen LogP contribution in [0.25, 0.3) is 5.57 Å². The van der Waals surface area contributed by atoms with Gasteiger partial charge in [-0.1, -0.05) is 24.3 Å². The molecule has 8 heteroatoms. The molecule has 4 rings (SSSR count). The van der Waals surface area contributed by atoms with Crippen molar-refractivity contribution in [1.82, 2.24) is 10.2 Å². The molecule has 8 nitrogen and oxygen atoms in total. The number of nitrogens with zero attached hydrogens (tertiary/aromatic N) is 1. The zero-order chi connectivity index (χ0) is 28.4. The summed E-state index contributed by atoms with van der Waals surface area (Å²) in [6.07, 6.45) is 3.33. The number of fused-ring (bicyclic) bond motifs is 1. The highest BCUT2D eigenvalue weighted by atomic mass is 16.6. The van der Waals surface area contributed by atoms with E-state index < -0.39 is 23.2 Å². The first-order chi connectivity index (χ1) is 18.3. The van der Waals surface area contributed by atoms with Crippen molar-refractivity contribution in [3.05, 3.63) is 70.8 Å². The SMILES string of the molecule is CC(C)(C)OC(=O)c1ccc(NC(=O)C2NCCc3c(C4=CCN(C(=O)OC(C)(C)C)CC4)cccc32)cc1. The molecule has 2 N–H and O–H groups in total. The predicted octanol–water partition coefficient (Wildman–Crippen LogP) is 5.49. The summed E-state index contributed by atoms with van der Waals surface area (Å²) >= 11 is 0. The standard InChI is InChI=1S/C31H39N3O5/c1-30(2,3)38-28(36)21-10-12-22(13-11-21)33-27(35)26-25-9-7-8-23(24(25)14-17-32-26)20-15-18-34(19-16-20)29(37)39-31(4,5)6/h7-13,15,26,32H,14,16-19H2,1-6H3,(H,33,35). The van der Waals surface area contributed by atoms with Crippen LogP contribution >= 0.6 is 0 Å². The molecule has 2 heterocycles. The molecule has 39 heavy (non-hydrogen) atoms. The van der Waals surface area contributed by atoms with Crippen molar-refractivity contribution in [2.45, 2.75) is 71.6 Å². The Bertz CT molecular complexity index is 1270. The summed E-state index contributed by atoms with van der Waals surface area (Å²) in [4.78, 5) is 39.8. The van der Waals surface area contributed by atoms with E-state index in [0.717, 1.165) is 29.5 Å². The highest BCUT2D eigenvalue weighted by Gasteiger charge is 2.30. The first-order valence-electron chi connectivity index (χ1n) is 13.5. The Balaban J connectivity index is 1.46. The molecule has 0 aromatic heterocycles. The molecule has 1 atom stereocenters. The molecule has 0 aliphatic carbocycles. The lowest BCUT2D eigenvalue weighted by molar-refractivity contribution is -0.118. The van der Waals surface area contributed by atoms with Crippen LogP contribution in [-0.4, -0.2) is 53.7 Å². The Morgan fingerprint density at radius 1 is 0.923 bits per heavy atom. The molecule has 0 fully saturated rings. The van der Waals surface area contributed by atoms with Crippen LogP contribution in [0, 0.1) is 0 Å². The van der Waals surface area contributed by atoms with Gasteiger partial charge in [-0.2, -0.15) is 0 Å². The number of rotatable bonds is 4. The Labute approximate surface area is 230 Å². The lowest BCUT2D eigenvalue weighted by Gasteiger charge is -2.32. The smallest absolute Gasteiger partial charge is 0.410 e. The molecule has 0 spiro atoms. The van der Waals surface area contributed by atoms with E-state index >= 15 is 0 Å². The molecule has 2 aliphatic rings. The second kappa shape index (κ2) is 11.2. The molecule has 208 valence electrons. The quantitative estimate of drug-likeness (QED) is 0.505. The van der Waals surface area contributed by atoms with Gasteiger partial charge in [0.1, 0.15) is 17.2 Å². The Hall–Kier alpha value is -3.65. The number of hydrogen-bond donors (Lipinski definition) is 2. The van der Waals surface area contributed by atoms with Crippen molar-refractivity contribution in [2.75, 3.05) is 25.0 Å². The maximum Gasteiger partial charge on any atom is 0.410 e. The van der Waals surface area contributed by atoms with Crippen LogP contribution in [0.2, 0.25) is 0 Å². The van der Waals surface area contributed by atoms with Gasteiger partial charge in [-0.15, -0.1) is 0 Å². The molecule has 0 saturated carbocycles. The van der Waals surface area contributed by atoms with Gasteiger partial charge < -0.3 is 25.0 Å². The number of nitrogens with one attached hydrogen (secondary N) is 2. The Morgan fingerprint density at radius 2 is 1.62 bits per heavy atom. The third-order valence-electron chi connectivity index (χ3n) is 6.50. The topological polar surface area (TPSA) is 97.0 Å². The third kappa shape index (κ3) is 7.26. The van der Waals surface area contributed by atoms with Gasteiger partial charge in [-0.3, -0.25) is 4.79 Å². The van der Waals surface area contributed by atoms with Gasteiger partial charge >= 0.3 is 12.1 Å². The van der Waals surface area contributed by atoms with Crippen LogP contribution in [0.1, 0.15) is 81.1 Å². The van der Waals surface area contributed by atoms with E-state index in [1.54, 1.807) is 29.2 Å². The average molecular weight is 534 g/mol. The monoisotopic (exact) mass is 533 g/mol. The average Bonchev–Trinajstić information content (AvgIpc) is 2.86. The minimum Gasteiger partial charge on any atom is -0.456 e. The predicted molar refractivity (Wildman–Crippen MR) is 152 cm³/mol. The van der Waals surface area contributed by atoms with Crippen molar-refractivity contribution >= 4 is 29.2 Å². The van der Waals surface area contributed by atoms with Gasteiger partial charge in [0, 0.05) is 25.3 Å². The first-order valence-corrected chi connectivity index (χ1v) is 13.5. The number of anilines is 1. The van der Waals surface area contributed by atoms with Gasteiger partial charge in [-0.05, 0) is 101 Å². The highest BCUT2D eigenvalue weighted by molar-refractivity contribution is 5.97. The van der Waals surface area contributed by atoms with Crippen LogP contribution in [-0.2, 0) is 20.7 Å². The van der Waals surface area contributed by atoms with E-state index in [1.165, 1.54) is 5.57 Å². The summed E-state index contributed by atoms with van der Waals surface area (Å²) in [5, 5.41) is 6.33. The van der Waals surface area contributed by atoms with Crippen molar-refractivity contribution in [3.8, 4) is 0 Å². The van der Waals surface area contributed by atoms with E-state index in [2.05, 4.69) is 22.8 Å². The first kappa shape index (κ1) is 28.4. The number of carbonyl (C=O) groups is 3. The van der Waals surface area contributed by atoms with Crippen LogP contribution in [0.3, 0.4) is 0 Å². The number of hydrogen-bond acceptors (Lipinski definition) is 6. The van der Waals surface area contributed by atoms with E-state index in [-0.39, 0.29) is 12.0 Å². The van der Waals surface area contributed by atoms with Crippen molar-refractivity contribution < 1.29 is 23.9 Å². The molecule has 2 aromatic rings. The van der Waals surface area contributed by atoms with Crippen molar-refractivity contribution in [2.24, 2.45) is 0 Å². The van der Waals surface area contributed by atoms with Crippen LogP contribution < -0.4 is 10.6 Å². The molecule has 0 saturated heterocycles. The second-order valence-corrected chi connectivity index (χ2v) is 12.0. The lowest BCUT2D eigenvalue weighted by Crippen LogP contribution is -2.39. The van der Waals surface area contributed by atoms with E-state index in [9.17, 15) is 14.4 Å². The zero-order valence-electron chi connectivity index (χ0n) is 23.7. The van der Waals surface area contributed by atoms with E-state index in [0.29, 0.717) is 30.9 Å². The molecule has 2 aromatic carbocycles. The summed E-state index contributed by atoms with van der Waals surface area (Å²) in [5.41, 5.74) is 4.37. The largest absolute Gasteiger partial charge is 0.456 e. The van der Waals surface area contributed by atoms with Gasteiger partial charge in [0.05, 0.1) is 5.56 Å². The van der Waals surface area contributed by atoms with E-state index in [1.807, 2.05) is 53.7 Å². The fourth-order valence-corrected chi connectivity index (χ4v) is 4.79. The normalized spacial score (nSPS) is 17.5. The lowest BCUT2D eigenvalue weighted by atomic mass is 9.85. The minimum absolute atomic E-state index is 0.160. The Kier molecular flexibility index (Phi) is 8.16. The molecular weight excluding hydrogens is 494 g/mol. The number of carbonyl (C=O) groups excluding carboxylic acids is 3. The van der Waals surface area contributed by atoms with Gasteiger partial charge in [-0.25, -0.2) is 9.59 Å². The van der Waals surface area contributed by atoms with Gasteiger partial charge in [0.2, 0.25) is 5.91 Å². The molecule has 1 unspecified atom stereocenters. The van der Waals surface area contributed by atoms with Crippen LogP contribution in [0.15, 0.2) is 48.5 Å². The summed E-state index contributed by atoms with van der Waals surface area (Å²) < 4.78 is 10.9. The molecular formula is C31H39N3O5. The fourth-order valence-electron chi connectivity index (χ4n) is 4.79. The minimum atomic E-state index is -0.575. The van der Waals surface area contributed by atoms with Crippen molar-refractivity contribution in [3.63, 3.8) is 0 Å². The second-order valence-electron chi connectivity index (χ2n) is 12.0. The van der Waals surface area contributed by atoms with Crippen LogP contribution in [0.4, 0.5) is 10.5 Å². The summed E-state index contributed by atoms with van der Waals surface area (Å²) in [7, 11) is 0. The number of ether oxygens (including phenoxy) is 2. The Morgan fingerprint density at radius 3 is 2.23 bits per heavy atom. The van der Waals surface area contributed by atoms with Gasteiger partial charge in [0.25, 0.3) is 0 Å². The maximum absolute atomic E-state index is 13.3. The van der Waals surface area contributed by atoms with Crippen molar-refractivity contribution in [1.29, 1.82) is 0 Å². The summed E-state index contributed by atoms with van der Waals surface area (Å²) in [5.74, 6) is -0.561.